The average Bonchev–Trinajstić information content (AvgIpc) is 3.06. The first-order chi connectivity index (χ1) is 12.2. The van der Waals surface area contributed by atoms with Crippen LogP contribution in [-0.4, -0.2) is 13.1 Å². The van der Waals surface area contributed by atoms with Gasteiger partial charge in [-0.05, 0) is 62.7 Å². The molecular weight excluding hydrogens is 308 g/mol. The number of allylic oxidation sites excluding steroid dienone is 4. The molecule has 1 fully saturated rings. The predicted molar refractivity (Wildman–Crippen MR) is 108 cm³/mol. The molecule has 0 heterocycles. The van der Waals surface area contributed by atoms with E-state index >= 15 is 0 Å². The lowest BCUT2D eigenvalue weighted by molar-refractivity contribution is -0.140. The molecule has 0 aromatic heterocycles. The van der Waals surface area contributed by atoms with Gasteiger partial charge >= 0.3 is 5.97 Å². The van der Waals surface area contributed by atoms with Gasteiger partial charge in [0.2, 0.25) is 0 Å². The van der Waals surface area contributed by atoms with Crippen LogP contribution in [0.1, 0.15) is 90.9 Å². The third-order valence-electron chi connectivity index (χ3n) is 5.56. The van der Waals surface area contributed by atoms with Crippen molar-refractivity contribution in [1.29, 1.82) is 0 Å². The van der Waals surface area contributed by atoms with Crippen LogP contribution >= 0.6 is 0 Å². The standard InChI is InChI=1S/C23H40O2/c1-4-5-13-20(2)14-10-11-16-22-18-12-17-21(22)15-8-6-7-9-19-23(24)25-3/h6,8,11,16,20-22H,4-5,7,9-10,12-15,17-19H2,1-3H3/t20?,21-,22-/m0/s1. The summed E-state index contributed by atoms with van der Waals surface area (Å²) in [6.45, 7) is 4.67. The van der Waals surface area contributed by atoms with Crippen LogP contribution in [0.4, 0.5) is 0 Å². The van der Waals surface area contributed by atoms with Gasteiger partial charge in [0.25, 0.3) is 0 Å². The van der Waals surface area contributed by atoms with E-state index in [0.29, 0.717) is 6.42 Å². The van der Waals surface area contributed by atoms with Crippen LogP contribution in [-0.2, 0) is 9.53 Å². The molecular formula is C23H40O2. The Balaban J connectivity index is 2.18. The Kier molecular flexibility index (Phi) is 12.5. The number of rotatable bonds is 13. The van der Waals surface area contributed by atoms with E-state index in [9.17, 15) is 4.79 Å². The lowest BCUT2D eigenvalue weighted by Gasteiger charge is -2.14. The zero-order valence-electron chi connectivity index (χ0n) is 16.8. The fourth-order valence-corrected chi connectivity index (χ4v) is 3.82. The van der Waals surface area contributed by atoms with Gasteiger partial charge in [0.05, 0.1) is 7.11 Å². The highest BCUT2D eigenvalue weighted by Crippen LogP contribution is 2.35. The van der Waals surface area contributed by atoms with Gasteiger partial charge in [-0.15, -0.1) is 0 Å². The van der Waals surface area contributed by atoms with Gasteiger partial charge in [0.15, 0.2) is 0 Å². The van der Waals surface area contributed by atoms with Crippen molar-refractivity contribution in [2.75, 3.05) is 7.11 Å². The lowest BCUT2D eigenvalue weighted by atomic mass is 9.91. The quantitative estimate of drug-likeness (QED) is 0.206. The molecule has 1 aliphatic rings. The lowest BCUT2D eigenvalue weighted by Crippen LogP contribution is -2.04. The molecule has 0 amide bonds. The number of unbranched alkanes of at least 4 members (excludes halogenated alkanes) is 2. The van der Waals surface area contributed by atoms with E-state index in [0.717, 1.165) is 30.6 Å². The largest absolute Gasteiger partial charge is 0.469 e. The number of methoxy groups -OCH3 is 1. The van der Waals surface area contributed by atoms with Gasteiger partial charge in [-0.2, -0.15) is 0 Å². The van der Waals surface area contributed by atoms with Crippen molar-refractivity contribution in [3.8, 4) is 0 Å². The SMILES string of the molecule is CCCCC(C)CCC=C[C@H]1CCC[C@@H]1CC=CCCCC(=O)OC. The van der Waals surface area contributed by atoms with E-state index in [2.05, 4.69) is 42.9 Å². The summed E-state index contributed by atoms with van der Waals surface area (Å²) in [6.07, 6.45) is 23.9. The Labute approximate surface area is 156 Å². The number of hydrogen-bond acceptors (Lipinski definition) is 2. The zero-order chi connectivity index (χ0) is 18.3. The molecule has 1 rings (SSSR count). The second-order valence-electron chi connectivity index (χ2n) is 7.78. The maximum Gasteiger partial charge on any atom is 0.305 e. The normalized spacial score (nSPS) is 22.0. The molecule has 3 atom stereocenters. The molecule has 1 saturated carbocycles. The Hall–Kier alpha value is -1.05. The molecule has 144 valence electrons. The summed E-state index contributed by atoms with van der Waals surface area (Å²) in [5, 5.41) is 0. The average molecular weight is 349 g/mol. The van der Waals surface area contributed by atoms with Crippen molar-refractivity contribution < 1.29 is 9.53 Å². The summed E-state index contributed by atoms with van der Waals surface area (Å²) in [5.74, 6) is 2.38. The Morgan fingerprint density at radius 1 is 1.12 bits per heavy atom. The first-order valence-corrected chi connectivity index (χ1v) is 10.6. The number of carbonyl (C=O) groups is 1. The van der Waals surface area contributed by atoms with Crippen LogP contribution in [0.5, 0.6) is 0 Å². The van der Waals surface area contributed by atoms with Crippen molar-refractivity contribution >= 4 is 5.97 Å². The number of carbonyl (C=O) groups excluding carboxylic acids is 1. The minimum atomic E-state index is -0.0987. The first-order valence-electron chi connectivity index (χ1n) is 10.6. The molecule has 0 bridgehead atoms. The summed E-state index contributed by atoms with van der Waals surface area (Å²) in [7, 11) is 1.46. The summed E-state index contributed by atoms with van der Waals surface area (Å²) >= 11 is 0. The van der Waals surface area contributed by atoms with E-state index in [1.807, 2.05) is 0 Å². The summed E-state index contributed by atoms with van der Waals surface area (Å²) in [5.41, 5.74) is 0. The molecule has 1 aliphatic carbocycles. The van der Waals surface area contributed by atoms with Crippen LogP contribution in [0.2, 0.25) is 0 Å². The van der Waals surface area contributed by atoms with Crippen LogP contribution in [0.25, 0.3) is 0 Å². The van der Waals surface area contributed by atoms with Crippen LogP contribution < -0.4 is 0 Å². The van der Waals surface area contributed by atoms with Crippen LogP contribution in [0, 0.1) is 17.8 Å². The minimum Gasteiger partial charge on any atom is -0.469 e. The summed E-state index contributed by atoms with van der Waals surface area (Å²) in [6, 6.07) is 0. The monoisotopic (exact) mass is 348 g/mol. The molecule has 0 aromatic carbocycles. The van der Waals surface area contributed by atoms with E-state index < -0.39 is 0 Å². The van der Waals surface area contributed by atoms with Crippen molar-refractivity contribution in [1.82, 2.24) is 0 Å². The first kappa shape index (κ1) is 22.0. The van der Waals surface area contributed by atoms with Crippen molar-refractivity contribution in [3.63, 3.8) is 0 Å². The molecule has 0 N–H and O–H groups in total. The van der Waals surface area contributed by atoms with E-state index in [-0.39, 0.29) is 5.97 Å². The second kappa shape index (κ2) is 14.2. The van der Waals surface area contributed by atoms with E-state index in [1.165, 1.54) is 64.9 Å². The number of ether oxygens (including phenoxy) is 1. The summed E-state index contributed by atoms with van der Waals surface area (Å²) < 4.78 is 4.66. The molecule has 2 nitrogen and oxygen atoms in total. The topological polar surface area (TPSA) is 26.3 Å². The molecule has 0 saturated heterocycles. The molecule has 0 spiro atoms. The molecule has 0 aromatic rings. The van der Waals surface area contributed by atoms with Gasteiger partial charge in [0, 0.05) is 6.42 Å². The van der Waals surface area contributed by atoms with Crippen molar-refractivity contribution in [2.45, 2.75) is 90.9 Å². The number of esters is 1. The fraction of sp³-hybridized carbons (Fsp3) is 0.783. The molecule has 2 heteroatoms. The molecule has 0 radical (unpaired) electrons. The summed E-state index contributed by atoms with van der Waals surface area (Å²) in [4.78, 5) is 11.1. The van der Waals surface area contributed by atoms with Crippen molar-refractivity contribution in [2.24, 2.45) is 17.8 Å². The predicted octanol–water partition coefficient (Wildman–Crippen LogP) is 6.86. The Morgan fingerprint density at radius 2 is 1.96 bits per heavy atom. The fourth-order valence-electron chi connectivity index (χ4n) is 3.82. The molecule has 1 unspecified atom stereocenters. The second-order valence-corrected chi connectivity index (χ2v) is 7.78. The molecule has 0 aliphatic heterocycles. The van der Waals surface area contributed by atoms with E-state index in [1.54, 1.807) is 0 Å². The van der Waals surface area contributed by atoms with Gasteiger partial charge in [-0.1, -0.05) is 63.8 Å². The highest BCUT2D eigenvalue weighted by molar-refractivity contribution is 5.69. The van der Waals surface area contributed by atoms with Crippen molar-refractivity contribution in [3.05, 3.63) is 24.3 Å². The van der Waals surface area contributed by atoms with Gasteiger partial charge in [0.1, 0.15) is 0 Å². The van der Waals surface area contributed by atoms with Gasteiger partial charge in [-0.3, -0.25) is 4.79 Å². The smallest absolute Gasteiger partial charge is 0.305 e. The molecule has 25 heavy (non-hydrogen) atoms. The Morgan fingerprint density at radius 3 is 2.72 bits per heavy atom. The highest BCUT2D eigenvalue weighted by Gasteiger charge is 2.23. The van der Waals surface area contributed by atoms with Crippen LogP contribution in [0.3, 0.4) is 0 Å². The Bertz CT molecular complexity index is 397. The van der Waals surface area contributed by atoms with Gasteiger partial charge < -0.3 is 4.74 Å². The zero-order valence-corrected chi connectivity index (χ0v) is 16.8. The highest BCUT2D eigenvalue weighted by atomic mass is 16.5. The third-order valence-corrected chi connectivity index (χ3v) is 5.56. The van der Waals surface area contributed by atoms with Gasteiger partial charge in [-0.25, -0.2) is 0 Å². The van der Waals surface area contributed by atoms with Crippen LogP contribution in [0.15, 0.2) is 24.3 Å². The maximum atomic E-state index is 11.1. The number of hydrogen-bond donors (Lipinski definition) is 0. The maximum absolute atomic E-state index is 11.1. The third kappa shape index (κ3) is 10.5. The minimum absolute atomic E-state index is 0.0987. The van der Waals surface area contributed by atoms with E-state index in [4.69, 9.17) is 0 Å².